The van der Waals surface area contributed by atoms with Gasteiger partial charge in [0.25, 0.3) is 11.7 Å². The number of hydrogen-bond donors (Lipinski definition) is 4. The van der Waals surface area contributed by atoms with Crippen LogP contribution < -0.4 is 16.0 Å². The number of rotatable bonds is 7. The molecule has 190 valence electrons. The molecule has 36 heavy (non-hydrogen) atoms. The molecule has 11 nitrogen and oxygen atoms in total. The number of hydrogen-bond acceptors (Lipinski definition) is 9. The fourth-order valence-corrected chi connectivity index (χ4v) is 2.83. The Morgan fingerprint density at radius 1 is 1.17 bits per heavy atom. The van der Waals surface area contributed by atoms with Crippen molar-refractivity contribution in [3.63, 3.8) is 0 Å². The number of halogens is 3. The molecule has 4 N–H and O–H groups in total. The lowest BCUT2D eigenvalue weighted by Crippen LogP contribution is -2.26. The zero-order chi connectivity index (χ0) is 26.5. The first-order valence-corrected chi connectivity index (χ1v) is 10.6. The topological polar surface area (TPSA) is 155 Å². The molecule has 0 atom stereocenters. The van der Waals surface area contributed by atoms with Crippen LogP contribution in [-0.2, 0) is 18.1 Å². The van der Waals surface area contributed by atoms with Crippen LogP contribution in [0.3, 0.4) is 0 Å². The average Bonchev–Trinajstić information content (AvgIpc) is 3.32. The Kier molecular flexibility index (Phi) is 7.65. The van der Waals surface area contributed by atoms with Crippen molar-refractivity contribution in [2.45, 2.75) is 38.9 Å². The Hall–Kier alpha value is -4.36. The van der Waals surface area contributed by atoms with Crippen LogP contribution in [-0.4, -0.2) is 43.9 Å². The molecule has 1 aromatic carbocycles. The molecular weight excluding hydrogens is 479 g/mol. The number of anilines is 1. The first-order chi connectivity index (χ1) is 16.9. The van der Waals surface area contributed by atoms with Gasteiger partial charge in [-0.1, -0.05) is 38.1 Å². The monoisotopic (exact) mass is 503 g/mol. The minimum atomic E-state index is -4.71. The summed E-state index contributed by atoms with van der Waals surface area (Å²) in [6.07, 6.45) is -0.673. The molecule has 0 radical (unpaired) electrons. The van der Waals surface area contributed by atoms with Crippen molar-refractivity contribution in [3.8, 4) is 11.4 Å². The van der Waals surface area contributed by atoms with Gasteiger partial charge in [-0.05, 0) is 23.9 Å². The summed E-state index contributed by atoms with van der Waals surface area (Å²) >= 11 is 0. The van der Waals surface area contributed by atoms with E-state index in [0.29, 0.717) is 0 Å². The predicted molar refractivity (Wildman–Crippen MR) is 124 cm³/mol. The van der Waals surface area contributed by atoms with Crippen LogP contribution in [0.15, 0.2) is 41.3 Å². The molecule has 2 aromatic heterocycles. The van der Waals surface area contributed by atoms with Gasteiger partial charge < -0.3 is 20.5 Å². The molecule has 0 aliphatic carbocycles. The van der Waals surface area contributed by atoms with E-state index in [9.17, 15) is 18.0 Å². The fraction of sp³-hybridized carbons (Fsp3) is 0.318. The molecule has 14 heteroatoms. The van der Waals surface area contributed by atoms with Gasteiger partial charge in [0.2, 0.25) is 11.8 Å². The molecular formula is C22H24F3N9O2. The van der Waals surface area contributed by atoms with E-state index < -0.39 is 29.6 Å². The number of carbonyl (C=O) groups is 1. The molecule has 0 bridgehead atoms. The second kappa shape index (κ2) is 10.5. The van der Waals surface area contributed by atoms with E-state index >= 15 is 0 Å². The molecule has 3 aromatic rings. The summed E-state index contributed by atoms with van der Waals surface area (Å²) in [5, 5.41) is 19.1. The summed E-state index contributed by atoms with van der Waals surface area (Å²) in [5.41, 5.74) is -1.55. The van der Waals surface area contributed by atoms with Gasteiger partial charge in [0.1, 0.15) is 12.2 Å². The third-order valence-corrected chi connectivity index (χ3v) is 4.62. The van der Waals surface area contributed by atoms with Gasteiger partial charge in [-0.2, -0.15) is 23.1 Å². The standard InChI is InChI=1S/C22H24F3N9O2/c1-21(2,3)19-32-17(34-36-19)18(35)28-10-13-6-5-12(9-14(13)22(23,24)25)16-29-11-30-20(33-16)31-15(26)7-8-27-4/h5-9,11,27H,10H2,1-4H3,(H,28,35)(H2,26,29,30,31,33)/b8-7-. The second-order valence-electron chi connectivity index (χ2n) is 8.52. The lowest BCUT2D eigenvalue weighted by Gasteiger charge is -2.15. The maximum atomic E-state index is 13.8. The Morgan fingerprint density at radius 2 is 1.92 bits per heavy atom. The Morgan fingerprint density at radius 3 is 2.56 bits per heavy atom. The van der Waals surface area contributed by atoms with Crippen LogP contribution in [0.25, 0.3) is 11.4 Å². The van der Waals surface area contributed by atoms with Crippen LogP contribution in [0, 0.1) is 5.41 Å². The van der Waals surface area contributed by atoms with Crippen LogP contribution in [0.1, 0.15) is 48.4 Å². The average molecular weight is 503 g/mol. The molecule has 1 amide bonds. The Labute approximate surface area is 204 Å². The van der Waals surface area contributed by atoms with Gasteiger partial charge in [-0.15, -0.1) is 0 Å². The summed E-state index contributed by atoms with van der Waals surface area (Å²) in [4.78, 5) is 28.3. The van der Waals surface area contributed by atoms with Crippen LogP contribution in [0.2, 0.25) is 0 Å². The van der Waals surface area contributed by atoms with Crippen molar-refractivity contribution < 1.29 is 22.5 Å². The number of amides is 1. The predicted octanol–water partition coefficient (Wildman–Crippen LogP) is 3.29. The highest BCUT2D eigenvalue weighted by atomic mass is 19.4. The van der Waals surface area contributed by atoms with E-state index in [1.54, 1.807) is 7.05 Å². The summed E-state index contributed by atoms with van der Waals surface area (Å²) in [7, 11) is 1.66. The molecule has 0 saturated heterocycles. The van der Waals surface area contributed by atoms with Crippen molar-refractivity contribution in [3.05, 3.63) is 59.6 Å². The molecule has 3 rings (SSSR count). The number of benzene rings is 1. The first-order valence-electron chi connectivity index (χ1n) is 10.6. The van der Waals surface area contributed by atoms with Gasteiger partial charge in [-0.3, -0.25) is 10.2 Å². The second-order valence-corrected chi connectivity index (χ2v) is 8.52. The van der Waals surface area contributed by atoms with Crippen molar-refractivity contribution in [2.24, 2.45) is 0 Å². The molecule has 0 saturated carbocycles. The van der Waals surface area contributed by atoms with Crippen molar-refractivity contribution >= 4 is 17.7 Å². The maximum absolute atomic E-state index is 13.8. The quantitative estimate of drug-likeness (QED) is 0.281. The fourth-order valence-electron chi connectivity index (χ4n) is 2.83. The SMILES string of the molecule is CN/C=C\C(=N)Nc1ncnc(-c2ccc(CNC(=O)c3noc(C(C)(C)C)n3)c(C(F)(F)F)c2)n1. The summed E-state index contributed by atoms with van der Waals surface area (Å²) in [6.45, 7) is 5.02. The van der Waals surface area contributed by atoms with Gasteiger partial charge in [-0.25, -0.2) is 9.97 Å². The van der Waals surface area contributed by atoms with E-state index in [2.05, 4.69) is 41.0 Å². The highest BCUT2D eigenvalue weighted by molar-refractivity contribution is 6.00. The molecule has 0 aliphatic heterocycles. The Balaban J connectivity index is 1.81. The lowest BCUT2D eigenvalue weighted by atomic mass is 9.97. The summed E-state index contributed by atoms with van der Waals surface area (Å²) in [6, 6.07) is 3.51. The van der Waals surface area contributed by atoms with Crippen molar-refractivity contribution in [2.75, 3.05) is 12.4 Å². The molecule has 0 spiro atoms. The van der Waals surface area contributed by atoms with E-state index in [1.165, 1.54) is 24.4 Å². The normalized spacial score (nSPS) is 12.0. The molecule has 0 aliphatic rings. The maximum Gasteiger partial charge on any atom is 0.416 e. The van der Waals surface area contributed by atoms with Crippen molar-refractivity contribution in [1.29, 1.82) is 5.41 Å². The third-order valence-electron chi connectivity index (χ3n) is 4.62. The number of carbonyl (C=O) groups excluding carboxylic acids is 1. The smallest absolute Gasteiger partial charge is 0.394 e. The largest absolute Gasteiger partial charge is 0.416 e. The highest BCUT2D eigenvalue weighted by Gasteiger charge is 2.34. The van der Waals surface area contributed by atoms with Gasteiger partial charge in [0.05, 0.1) is 5.56 Å². The number of amidine groups is 1. The number of aromatic nitrogens is 5. The lowest BCUT2D eigenvalue weighted by molar-refractivity contribution is -0.138. The third kappa shape index (κ3) is 6.61. The van der Waals surface area contributed by atoms with E-state index in [4.69, 9.17) is 9.93 Å². The highest BCUT2D eigenvalue weighted by Crippen LogP contribution is 2.34. The molecule has 0 unspecified atom stereocenters. The zero-order valence-corrected chi connectivity index (χ0v) is 19.9. The van der Waals surface area contributed by atoms with Crippen LogP contribution in [0.4, 0.5) is 19.1 Å². The summed E-state index contributed by atoms with van der Waals surface area (Å²) in [5.74, 6) is -0.891. The number of nitrogens with one attached hydrogen (secondary N) is 4. The van der Waals surface area contributed by atoms with Gasteiger partial charge >= 0.3 is 6.18 Å². The minimum absolute atomic E-state index is 0.00890. The van der Waals surface area contributed by atoms with E-state index in [-0.39, 0.29) is 40.5 Å². The first kappa shape index (κ1) is 26.2. The van der Waals surface area contributed by atoms with Crippen molar-refractivity contribution in [1.82, 2.24) is 35.7 Å². The van der Waals surface area contributed by atoms with E-state index in [0.717, 1.165) is 12.4 Å². The van der Waals surface area contributed by atoms with Crippen LogP contribution >= 0.6 is 0 Å². The molecule has 0 fully saturated rings. The van der Waals surface area contributed by atoms with Gasteiger partial charge in [0.15, 0.2) is 5.82 Å². The molecule has 2 heterocycles. The summed E-state index contributed by atoms with van der Waals surface area (Å²) < 4.78 is 46.6. The Bertz CT molecular complexity index is 1280. The van der Waals surface area contributed by atoms with E-state index in [1.807, 2.05) is 20.8 Å². The minimum Gasteiger partial charge on any atom is -0.394 e. The van der Waals surface area contributed by atoms with Gasteiger partial charge in [0, 0.05) is 24.6 Å². The number of nitrogens with zero attached hydrogens (tertiary/aromatic N) is 5. The van der Waals surface area contributed by atoms with Crippen LogP contribution in [0.5, 0.6) is 0 Å². The number of alkyl halides is 3. The zero-order valence-electron chi connectivity index (χ0n) is 19.9.